The Kier molecular flexibility index (Phi) is 3.36. The third-order valence-corrected chi connectivity index (χ3v) is 4.19. The lowest BCUT2D eigenvalue weighted by Gasteiger charge is -2.46. The topological polar surface area (TPSA) is 26.3 Å². The van der Waals surface area contributed by atoms with Crippen LogP contribution in [0.25, 0.3) is 0 Å². The highest BCUT2D eigenvalue weighted by molar-refractivity contribution is 5.87. The molecule has 2 nitrogen and oxygen atoms in total. The molecule has 0 atom stereocenters. The third kappa shape index (κ3) is 2.16. The summed E-state index contributed by atoms with van der Waals surface area (Å²) in [4.78, 5) is 11.7. The molecule has 0 aliphatic heterocycles. The molecule has 2 heteroatoms. The lowest BCUT2D eigenvalue weighted by Crippen LogP contribution is -2.47. The minimum atomic E-state index is -0.186. The van der Waals surface area contributed by atoms with Gasteiger partial charge in [-0.05, 0) is 51.4 Å². The maximum absolute atomic E-state index is 11.7. The lowest BCUT2D eigenvalue weighted by molar-refractivity contribution is -0.171. The number of carbonyl (C=O) groups excluding carboxylic acids is 1. The van der Waals surface area contributed by atoms with Gasteiger partial charge < -0.3 is 4.74 Å². The maximum atomic E-state index is 11.7. The Balaban J connectivity index is 2.11. The molecule has 2 fully saturated rings. The number of rotatable bonds is 2. The van der Waals surface area contributed by atoms with Crippen molar-refractivity contribution < 1.29 is 9.53 Å². The van der Waals surface area contributed by atoms with Gasteiger partial charge in [-0.2, -0.15) is 0 Å². The average Bonchev–Trinajstić information content (AvgIpc) is 2.28. The van der Waals surface area contributed by atoms with E-state index in [0.717, 1.165) is 12.8 Å². The van der Waals surface area contributed by atoms with Crippen LogP contribution in [0.2, 0.25) is 0 Å². The molecule has 0 radical (unpaired) electrons. The van der Waals surface area contributed by atoms with Crippen LogP contribution in [0.3, 0.4) is 0 Å². The quantitative estimate of drug-likeness (QED) is 0.527. The van der Waals surface area contributed by atoms with Crippen LogP contribution in [-0.4, -0.2) is 11.6 Å². The average molecular weight is 222 g/mol. The normalized spacial score (nSPS) is 33.9. The molecule has 0 amide bonds. The summed E-state index contributed by atoms with van der Waals surface area (Å²) in [7, 11) is 0. The van der Waals surface area contributed by atoms with E-state index < -0.39 is 0 Å². The molecular formula is C14H22O2. The second-order valence-corrected chi connectivity index (χ2v) is 5.42. The van der Waals surface area contributed by atoms with Gasteiger partial charge in [0.2, 0.25) is 0 Å². The molecule has 16 heavy (non-hydrogen) atoms. The summed E-state index contributed by atoms with van der Waals surface area (Å²) in [5.74, 6) is 0.423. The van der Waals surface area contributed by atoms with Crippen LogP contribution < -0.4 is 0 Å². The van der Waals surface area contributed by atoms with E-state index in [1.807, 2.05) is 0 Å². The first-order valence-corrected chi connectivity index (χ1v) is 6.53. The number of esters is 1. The van der Waals surface area contributed by atoms with E-state index in [-0.39, 0.29) is 11.6 Å². The smallest absolute Gasteiger partial charge is 0.333 e. The zero-order valence-electron chi connectivity index (χ0n) is 10.3. The zero-order chi connectivity index (χ0) is 11.6. The molecule has 0 N–H and O–H groups in total. The molecule has 0 bridgehead atoms. The van der Waals surface area contributed by atoms with Crippen LogP contribution in [0.5, 0.6) is 0 Å². The molecule has 2 rings (SSSR count). The number of fused-ring (bicyclic) bond motifs is 1. The summed E-state index contributed by atoms with van der Waals surface area (Å²) in [5, 5.41) is 0. The Hall–Kier alpha value is -0.790. The molecule has 0 aromatic carbocycles. The fourth-order valence-corrected chi connectivity index (χ4v) is 3.29. The monoisotopic (exact) mass is 222 g/mol. The van der Waals surface area contributed by atoms with Crippen molar-refractivity contribution in [3.05, 3.63) is 12.2 Å². The number of ether oxygens (including phenoxy) is 1. The molecule has 2 aliphatic carbocycles. The van der Waals surface area contributed by atoms with Gasteiger partial charge in [0.05, 0.1) is 0 Å². The second kappa shape index (κ2) is 4.60. The van der Waals surface area contributed by atoms with Gasteiger partial charge in [0.15, 0.2) is 0 Å². The fourth-order valence-electron chi connectivity index (χ4n) is 3.29. The minimum Gasteiger partial charge on any atom is -0.455 e. The van der Waals surface area contributed by atoms with E-state index in [1.54, 1.807) is 6.92 Å². The van der Waals surface area contributed by atoms with Crippen LogP contribution in [0.1, 0.15) is 58.3 Å². The predicted molar refractivity (Wildman–Crippen MR) is 64.1 cm³/mol. The van der Waals surface area contributed by atoms with Crippen molar-refractivity contribution in [3.8, 4) is 0 Å². The van der Waals surface area contributed by atoms with Crippen molar-refractivity contribution in [2.24, 2.45) is 5.92 Å². The third-order valence-electron chi connectivity index (χ3n) is 4.19. The maximum Gasteiger partial charge on any atom is 0.333 e. The van der Waals surface area contributed by atoms with Gasteiger partial charge in [-0.15, -0.1) is 0 Å². The standard InChI is InChI=1S/C14H22O2/c1-11(2)13(15)16-14-9-5-3-7-12(14)8-4-6-10-14/h12H,1,3-10H2,2H3. The van der Waals surface area contributed by atoms with Gasteiger partial charge in [0.1, 0.15) is 5.60 Å². The highest BCUT2D eigenvalue weighted by atomic mass is 16.6. The Morgan fingerprint density at radius 1 is 1.19 bits per heavy atom. The molecule has 2 saturated carbocycles. The predicted octanol–water partition coefficient (Wildman–Crippen LogP) is 3.61. The van der Waals surface area contributed by atoms with Gasteiger partial charge in [-0.1, -0.05) is 19.4 Å². The first kappa shape index (κ1) is 11.7. The fraction of sp³-hybridized carbons (Fsp3) is 0.786. The summed E-state index contributed by atoms with van der Waals surface area (Å²) in [6, 6.07) is 0. The van der Waals surface area contributed by atoms with Crippen molar-refractivity contribution >= 4 is 5.97 Å². The highest BCUT2D eigenvalue weighted by Crippen LogP contribution is 2.46. The molecular weight excluding hydrogens is 200 g/mol. The number of hydrogen-bond acceptors (Lipinski definition) is 2. The van der Waals surface area contributed by atoms with Gasteiger partial charge in [0, 0.05) is 5.57 Å². The van der Waals surface area contributed by atoms with E-state index in [0.29, 0.717) is 11.5 Å². The van der Waals surface area contributed by atoms with E-state index in [9.17, 15) is 4.79 Å². The van der Waals surface area contributed by atoms with Crippen LogP contribution >= 0.6 is 0 Å². The van der Waals surface area contributed by atoms with E-state index in [4.69, 9.17) is 4.74 Å². The Morgan fingerprint density at radius 3 is 2.25 bits per heavy atom. The first-order chi connectivity index (χ1) is 7.64. The summed E-state index contributed by atoms with van der Waals surface area (Å²) in [6.45, 7) is 5.42. The van der Waals surface area contributed by atoms with E-state index >= 15 is 0 Å². The van der Waals surface area contributed by atoms with Gasteiger partial charge in [-0.25, -0.2) is 4.79 Å². The largest absolute Gasteiger partial charge is 0.455 e. The van der Waals surface area contributed by atoms with Gasteiger partial charge >= 0.3 is 5.97 Å². The molecule has 90 valence electrons. The number of hydrogen-bond donors (Lipinski definition) is 0. The van der Waals surface area contributed by atoms with Gasteiger partial charge in [-0.3, -0.25) is 0 Å². The van der Waals surface area contributed by atoms with Crippen molar-refractivity contribution in [2.75, 3.05) is 0 Å². The zero-order valence-corrected chi connectivity index (χ0v) is 10.3. The molecule has 0 aromatic heterocycles. The van der Waals surface area contributed by atoms with E-state index in [2.05, 4.69) is 6.58 Å². The van der Waals surface area contributed by atoms with Crippen LogP contribution in [-0.2, 0) is 9.53 Å². The molecule has 0 spiro atoms. The minimum absolute atomic E-state index is 0.132. The molecule has 0 heterocycles. The highest BCUT2D eigenvalue weighted by Gasteiger charge is 2.45. The van der Waals surface area contributed by atoms with Gasteiger partial charge in [0.25, 0.3) is 0 Å². The SMILES string of the molecule is C=C(C)C(=O)OC12CCCCC1CCCC2. The Labute approximate surface area is 98.1 Å². The second-order valence-electron chi connectivity index (χ2n) is 5.42. The van der Waals surface area contributed by atoms with Crippen LogP contribution in [0.15, 0.2) is 12.2 Å². The molecule has 0 saturated heterocycles. The summed E-state index contributed by atoms with van der Waals surface area (Å²) < 4.78 is 5.81. The van der Waals surface area contributed by atoms with Crippen molar-refractivity contribution in [3.63, 3.8) is 0 Å². The number of carbonyl (C=O) groups is 1. The lowest BCUT2D eigenvalue weighted by atomic mass is 9.67. The molecule has 0 aromatic rings. The van der Waals surface area contributed by atoms with Crippen LogP contribution in [0.4, 0.5) is 0 Å². The van der Waals surface area contributed by atoms with E-state index in [1.165, 1.54) is 38.5 Å². The van der Waals surface area contributed by atoms with Crippen molar-refractivity contribution in [2.45, 2.75) is 63.9 Å². The Morgan fingerprint density at radius 2 is 1.75 bits per heavy atom. The summed E-state index contributed by atoms with van der Waals surface area (Å²) >= 11 is 0. The van der Waals surface area contributed by atoms with Crippen LogP contribution in [0, 0.1) is 5.92 Å². The van der Waals surface area contributed by atoms with Crippen molar-refractivity contribution in [1.29, 1.82) is 0 Å². The summed E-state index contributed by atoms with van der Waals surface area (Å²) in [6.07, 6.45) is 9.63. The van der Waals surface area contributed by atoms with Crippen molar-refractivity contribution in [1.82, 2.24) is 0 Å². The molecule has 0 unspecified atom stereocenters. The summed E-state index contributed by atoms with van der Waals surface area (Å²) in [5.41, 5.74) is 0.399. The molecule has 2 aliphatic rings. The first-order valence-electron chi connectivity index (χ1n) is 6.53. The Bertz CT molecular complexity index is 281.